The molecule has 0 aliphatic heterocycles. The fraction of sp³-hybridized carbons (Fsp3) is 0.360. The number of hydrogen-bond acceptors (Lipinski definition) is 4. The first-order valence-corrected chi connectivity index (χ1v) is 11.0. The number of nitrogens with one attached hydrogen (secondary N) is 2. The van der Waals surface area contributed by atoms with Crippen LogP contribution in [0.2, 0.25) is 0 Å². The van der Waals surface area contributed by atoms with Crippen molar-refractivity contribution in [3.63, 3.8) is 0 Å². The Hall–Kier alpha value is -3.28. The van der Waals surface area contributed by atoms with Crippen LogP contribution in [0.25, 0.3) is 0 Å². The van der Waals surface area contributed by atoms with E-state index in [1.54, 1.807) is 12.4 Å². The van der Waals surface area contributed by atoms with Crippen LogP contribution < -0.4 is 10.9 Å². The zero-order valence-corrected chi connectivity index (χ0v) is 17.7. The van der Waals surface area contributed by atoms with Gasteiger partial charge in [0, 0.05) is 12.8 Å². The molecule has 2 aromatic carbocycles. The van der Waals surface area contributed by atoms with Gasteiger partial charge < -0.3 is 0 Å². The third kappa shape index (κ3) is 5.87. The summed E-state index contributed by atoms with van der Waals surface area (Å²) in [6.45, 7) is 0. The number of rotatable bonds is 8. The highest BCUT2D eigenvalue weighted by Crippen LogP contribution is 2.23. The standard InChI is InChI=1S/C25H28N4O2/c30-24(28-26-16-18-10-12-20-4-1-6-22(20)14-18)8-3-9-25(31)29-27-17-19-11-13-21-5-2-7-23(21)15-19/h10-17H,1-9H2,(H,28,30)(H,29,31)/b26-16-,27-17-. The van der Waals surface area contributed by atoms with Gasteiger partial charge in [0.15, 0.2) is 0 Å². The molecule has 2 amide bonds. The van der Waals surface area contributed by atoms with Crippen molar-refractivity contribution in [2.45, 2.75) is 57.8 Å². The van der Waals surface area contributed by atoms with Crippen molar-refractivity contribution in [2.24, 2.45) is 10.2 Å². The summed E-state index contributed by atoms with van der Waals surface area (Å²) in [6.07, 6.45) is 11.2. The van der Waals surface area contributed by atoms with Crippen LogP contribution >= 0.6 is 0 Å². The van der Waals surface area contributed by atoms with Gasteiger partial charge in [-0.25, -0.2) is 10.9 Å². The molecular formula is C25H28N4O2. The Morgan fingerprint density at radius 3 is 1.65 bits per heavy atom. The van der Waals surface area contributed by atoms with Gasteiger partial charge in [0.25, 0.3) is 0 Å². The lowest BCUT2D eigenvalue weighted by Gasteiger charge is -2.02. The molecule has 4 rings (SSSR count). The van der Waals surface area contributed by atoms with E-state index >= 15 is 0 Å². The molecule has 0 heterocycles. The first kappa shape index (κ1) is 21.0. The molecule has 0 bridgehead atoms. The minimum absolute atomic E-state index is 0.202. The smallest absolute Gasteiger partial charge is 0.240 e. The molecule has 0 atom stereocenters. The zero-order valence-electron chi connectivity index (χ0n) is 17.7. The molecule has 0 aromatic heterocycles. The predicted octanol–water partition coefficient (Wildman–Crippen LogP) is 3.43. The number of carbonyl (C=O) groups is 2. The van der Waals surface area contributed by atoms with Crippen LogP contribution in [0.3, 0.4) is 0 Å². The normalized spacial score (nSPS) is 14.7. The third-order valence-corrected chi connectivity index (χ3v) is 5.86. The van der Waals surface area contributed by atoms with Crippen LogP contribution in [0.5, 0.6) is 0 Å². The maximum atomic E-state index is 11.9. The molecule has 0 fully saturated rings. The molecule has 6 nitrogen and oxygen atoms in total. The van der Waals surface area contributed by atoms with Crippen molar-refractivity contribution in [1.29, 1.82) is 0 Å². The topological polar surface area (TPSA) is 82.9 Å². The van der Waals surface area contributed by atoms with Gasteiger partial charge in [0.1, 0.15) is 0 Å². The van der Waals surface area contributed by atoms with Gasteiger partial charge in [-0.2, -0.15) is 10.2 Å². The van der Waals surface area contributed by atoms with Gasteiger partial charge >= 0.3 is 0 Å². The molecule has 0 unspecified atom stereocenters. The monoisotopic (exact) mass is 416 g/mol. The van der Waals surface area contributed by atoms with E-state index in [1.807, 2.05) is 12.1 Å². The number of benzene rings is 2. The van der Waals surface area contributed by atoms with Crippen molar-refractivity contribution >= 4 is 24.2 Å². The average Bonchev–Trinajstić information content (AvgIpc) is 3.42. The van der Waals surface area contributed by atoms with E-state index in [-0.39, 0.29) is 24.7 Å². The number of amides is 2. The van der Waals surface area contributed by atoms with E-state index in [0.29, 0.717) is 6.42 Å². The Kier molecular flexibility index (Phi) is 6.87. The summed E-state index contributed by atoms with van der Waals surface area (Å²) < 4.78 is 0. The zero-order chi connectivity index (χ0) is 21.5. The molecule has 0 radical (unpaired) electrons. The number of aryl methyl sites for hydroxylation is 4. The lowest BCUT2D eigenvalue weighted by atomic mass is 10.1. The van der Waals surface area contributed by atoms with Crippen molar-refractivity contribution in [1.82, 2.24) is 10.9 Å². The van der Waals surface area contributed by atoms with Crippen molar-refractivity contribution in [3.8, 4) is 0 Å². The molecule has 160 valence electrons. The van der Waals surface area contributed by atoms with Crippen LogP contribution in [0.1, 0.15) is 65.5 Å². The molecule has 2 N–H and O–H groups in total. The number of fused-ring (bicyclic) bond motifs is 2. The fourth-order valence-electron chi connectivity index (χ4n) is 4.22. The van der Waals surface area contributed by atoms with Crippen LogP contribution in [-0.4, -0.2) is 24.2 Å². The predicted molar refractivity (Wildman–Crippen MR) is 122 cm³/mol. The van der Waals surface area contributed by atoms with Gasteiger partial charge in [-0.3, -0.25) is 9.59 Å². The SMILES string of the molecule is O=C(CCCC(=O)N/N=C\c1ccc2c(c1)CCC2)N/N=C\c1ccc2c(c1)CCC2. The first-order chi connectivity index (χ1) is 15.2. The average molecular weight is 417 g/mol. The van der Waals surface area contributed by atoms with Crippen LogP contribution in [0.15, 0.2) is 46.6 Å². The minimum Gasteiger partial charge on any atom is -0.273 e. The second-order valence-corrected chi connectivity index (χ2v) is 8.20. The van der Waals surface area contributed by atoms with Crippen molar-refractivity contribution < 1.29 is 9.59 Å². The molecule has 0 saturated carbocycles. The summed E-state index contributed by atoms with van der Waals surface area (Å²) in [6, 6.07) is 12.6. The Bertz CT molecular complexity index is 945. The van der Waals surface area contributed by atoms with Gasteiger partial charge in [0.05, 0.1) is 12.4 Å². The number of hydrogen-bond donors (Lipinski definition) is 2. The summed E-state index contributed by atoms with van der Waals surface area (Å²) in [4.78, 5) is 23.8. The molecule has 0 spiro atoms. The quantitative estimate of drug-likeness (QED) is 0.510. The lowest BCUT2D eigenvalue weighted by Crippen LogP contribution is -2.20. The lowest BCUT2D eigenvalue weighted by molar-refractivity contribution is -0.122. The Morgan fingerprint density at radius 2 is 1.16 bits per heavy atom. The van der Waals surface area contributed by atoms with Crippen LogP contribution in [0, 0.1) is 0 Å². The Balaban J connectivity index is 1.13. The summed E-state index contributed by atoms with van der Waals surface area (Å²) in [5.74, 6) is -0.404. The van der Waals surface area contributed by atoms with E-state index in [4.69, 9.17) is 0 Å². The van der Waals surface area contributed by atoms with Gasteiger partial charge in [-0.05, 0) is 90.5 Å². The van der Waals surface area contributed by atoms with Crippen LogP contribution in [0.4, 0.5) is 0 Å². The summed E-state index contributed by atoms with van der Waals surface area (Å²) >= 11 is 0. The Labute approximate surface area is 182 Å². The summed E-state index contributed by atoms with van der Waals surface area (Å²) in [5.41, 5.74) is 12.6. The van der Waals surface area contributed by atoms with E-state index in [0.717, 1.165) is 36.8 Å². The molecule has 0 saturated heterocycles. The highest BCUT2D eigenvalue weighted by molar-refractivity contribution is 5.84. The maximum Gasteiger partial charge on any atom is 0.240 e. The second kappa shape index (κ2) is 10.2. The molecular weight excluding hydrogens is 388 g/mol. The van der Waals surface area contributed by atoms with E-state index in [9.17, 15) is 9.59 Å². The second-order valence-electron chi connectivity index (χ2n) is 8.20. The summed E-state index contributed by atoms with van der Waals surface area (Å²) in [5, 5.41) is 8.05. The minimum atomic E-state index is -0.202. The summed E-state index contributed by atoms with van der Waals surface area (Å²) in [7, 11) is 0. The maximum absolute atomic E-state index is 11.9. The number of hydrazone groups is 2. The largest absolute Gasteiger partial charge is 0.273 e. The molecule has 31 heavy (non-hydrogen) atoms. The van der Waals surface area contributed by atoms with Gasteiger partial charge in [-0.15, -0.1) is 0 Å². The highest BCUT2D eigenvalue weighted by Gasteiger charge is 2.11. The van der Waals surface area contributed by atoms with Gasteiger partial charge in [0.2, 0.25) is 11.8 Å². The molecule has 2 aliphatic carbocycles. The number of nitrogens with zero attached hydrogens (tertiary/aromatic N) is 2. The first-order valence-electron chi connectivity index (χ1n) is 11.0. The third-order valence-electron chi connectivity index (χ3n) is 5.86. The molecule has 2 aromatic rings. The van der Waals surface area contributed by atoms with Crippen molar-refractivity contribution in [3.05, 3.63) is 69.8 Å². The number of carbonyl (C=O) groups excluding carboxylic acids is 2. The Morgan fingerprint density at radius 1 is 0.710 bits per heavy atom. The van der Waals surface area contributed by atoms with E-state index in [2.05, 4.69) is 45.3 Å². The van der Waals surface area contributed by atoms with E-state index < -0.39 is 0 Å². The van der Waals surface area contributed by atoms with Crippen LogP contribution in [-0.2, 0) is 35.3 Å². The molecule has 6 heteroatoms. The van der Waals surface area contributed by atoms with E-state index in [1.165, 1.54) is 35.1 Å². The fourth-order valence-corrected chi connectivity index (χ4v) is 4.22. The van der Waals surface area contributed by atoms with Gasteiger partial charge in [-0.1, -0.05) is 24.3 Å². The molecule has 2 aliphatic rings. The van der Waals surface area contributed by atoms with Crippen molar-refractivity contribution in [2.75, 3.05) is 0 Å². The highest BCUT2D eigenvalue weighted by atomic mass is 16.2.